The van der Waals surface area contributed by atoms with Crippen LogP contribution >= 0.6 is 0 Å². The van der Waals surface area contributed by atoms with E-state index in [-0.39, 0.29) is 5.82 Å². The molecule has 2 aromatic carbocycles. The van der Waals surface area contributed by atoms with E-state index in [1.54, 1.807) is 6.07 Å². The Bertz CT molecular complexity index is 729. The Hall–Kier alpha value is -2.36. The molecule has 1 heterocycles. The second-order valence-corrected chi connectivity index (χ2v) is 4.43. The average molecular weight is 255 g/mol. The van der Waals surface area contributed by atoms with Gasteiger partial charge in [-0.25, -0.2) is 9.37 Å². The van der Waals surface area contributed by atoms with Crippen molar-refractivity contribution in [3.05, 3.63) is 48.3 Å². The Morgan fingerprint density at radius 3 is 2.47 bits per heavy atom. The maximum atomic E-state index is 13.7. The summed E-state index contributed by atoms with van der Waals surface area (Å²) >= 11 is 0. The molecule has 3 rings (SSSR count). The van der Waals surface area contributed by atoms with Crippen LogP contribution in [-0.4, -0.2) is 16.6 Å². The second kappa shape index (κ2) is 4.39. The molecule has 0 unspecified atom stereocenters. The number of benzene rings is 2. The minimum absolute atomic E-state index is 0.286. The van der Waals surface area contributed by atoms with E-state index in [2.05, 4.69) is 10.3 Å². The van der Waals surface area contributed by atoms with Gasteiger partial charge in [0.15, 0.2) is 5.82 Å². The van der Waals surface area contributed by atoms with Crippen LogP contribution in [-0.2, 0) is 7.05 Å². The average Bonchev–Trinajstić information content (AvgIpc) is 2.78. The molecular formula is C15H14FN3. The lowest BCUT2D eigenvalue weighted by Crippen LogP contribution is -1.93. The van der Waals surface area contributed by atoms with Crippen LogP contribution in [0, 0.1) is 5.82 Å². The molecule has 96 valence electrons. The molecule has 0 saturated heterocycles. The van der Waals surface area contributed by atoms with Crippen molar-refractivity contribution in [1.29, 1.82) is 0 Å². The highest BCUT2D eigenvalue weighted by Gasteiger charge is 2.12. The van der Waals surface area contributed by atoms with Crippen molar-refractivity contribution in [2.24, 2.45) is 7.05 Å². The predicted molar refractivity (Wildman–Crippen MR) is 75.7 cm³/mol. The maximum Gasteiger partial charge on any atom is 0.151 e. The minimum Gasteiger partial charge on any atom is -0.388 e. The number of nitrogens with zero attached hydrogens (tertiary/aromatic N) is 2. The van der Waals surface area contributed by atoms with Gasteiger partial charge in [0, 0.05) is 25.3 Å². The summed E-state index contributed by atoms with van der Waals surface area (Å²) in [6.07, 6.45) is 0. The first-order valence-corrected chi connectivity index (χ1v) is 6.10. The fourth-order valence-electron chi connectivity index (χ4n) is 2.22. The first-order valence-electron chi connectivity index (χ1n) is 6.10. The van der Waals surface area contributed by atoms with Gasteiger partial charge >= 0.3 is 0 Å². The van der Waals surface area contributed by atoms with Crippen molar-refractivity contribution >= 4 is 16.7 Å². The van der Waals surface area contributed by atoms with Crippen LogP contribution in [0.5, 0.6) is 0 Å². The minimum atomic E-state index is -0.286. The van der Waals surface area contributed by atoms with Gasteiger partial charge in [-0.15, -0.1) is 0 Å². The second-order valence-electron chi connectivity index (χ2n) is 4.43. The van der Waals surface area contributed by atoms with Gasteiger partial charge in [0.2, 0.25) is 0 Å². The number of aromatic nitrogens is 2. The van der Waals surface area contributed by atoms with E-state index in [0.717, 1.165) is 22.6 Å². The van der Waals surface area contributed by atoms with Gasteiger partial charge in [0.05, 0.1) is 5.52 Å². The van der Waals surface area contributed by atoms with E-state index in [0.29, 0.717) is 5.52 Å². The first kappa shape index (κ1) is 11.7. The zero-order valence-corrected chi connectivity index (χ0v) is 10.8. The lowest BCUT2D eigenvalue weighted by molar-refractivity contribution is 0.637. The molecule has 0 fully saturated rings. The van der Waals surface area contributed by atoms with Gasteiger partial charge in [0.25, 0.3) is 0 Å². The quantitative estimate of drug-likeness (QED) is 0.760. The van der Waals surface area contributed by atoms with Gasteiger partial charge in [-0.3, -0.25) is 0 Å². The summed E-state index contributed by atoms with van der Waals surface area (Å²) in [7, 11) is 3.77. The van der Waals surface area contributed by atoms with Gasteiger partial charge in [-0.2, -0.15) is 0 Å². The molecule has 19 heavy (non-hydrogen) atoms. The summed E-state index contributed by atoms with van der Waals surface area (Å²) in [5.41, 5.74) is 3.22. The third-order valence-electron chi connectivity index (χ3n) is 3.29. The molecule has 0 bridgehead atoms. The topological polar surface area (TPSA) is 29.9 Å². The number of hydrogen-bond acceptors (Lipinski definition) is 2. The zero-order valence-electron chi connectivity index (χ0n) is 10.8. The van der Waals surface area contributed by atoms with Crippen LogP contribution < -0.4 is 5.32 Å². The van der Waals surface area contributed by atoms with Crippen molar-refractivity contribution in [2.45, 2.75) is 0 Å². The van der Waals surface area contributed by atoms with Gasteiger partial charge in [-0.1, -0.05) is 6.07 Å². The Kier molecular flexibility index (Phi) is 2.71. The summed E-state index contributed by atoms with van der Waals surface area (Å²) in [4.78, 5) is 4.41. The summed E-state index contributed by atoms with van der Waals surface area (Å²) in [6.45, 7) is 0. The van der Waals surface area contributed by atoms with E-state index < -0.39 is 0 Å². The standard InChI is InChI=1S/C15H14FN3/c1-17-11-8-6-10(7-9-11)15-18-14-12(16)4-3-5-13(14)19(15)2/h3-9,17H,1-2H3. The Morgan fingerprint density at radius 2 is 1.84 bits per heavy atom. The molecule has 0 atom stereocenters. The van der Waals surface area contributed by atoms with Crippen LogP contribution in [0.25, 0.3) is 22.4 Å². The predicted octanol–water partition coefficient (Wildman–Crippen LogP) is 3.42. The normalized spacial score (nSPS) is 10.9. The molecule has 0 amide bonds. The van der Waals surface area contributed by atoms with Gasteiger partial charge in [-0.05, 0) is 36.4 Å². The van der Waals surface area contributed by atoms with E-state index in [4.69, 9.17) is 0 Å². The Morgan fingerprint density at radius 1 is 1.11 bits per heavy atom. The largest absolute Gasteiger partial charge is 0.388 e. The van der Waals surface area contributed by atoms with Crippen LogP contribution in [0.15, 0.2) is 42.5 Å². The third kappa shape index (κ3) is 1.85. The van der Waals surface area contributed by atoms with Crippen LogP contribution in [0.3, 0.4) is 0 Å². The summed E-state index contributed by atoms with van der Waals surface area (Å²) in [6, 6.07) is 12.9. The number of rotatable bonds is 2. The first-order chi connectivity index (χ1) is 9.20. The molecule has 0 saturated carbocycles. The molecule has 0 aliphatic heterocycles. The molecule has 0 radical (unpaired) electrons. The van der Waals surface area contributed by atoms with Crippen molar-refractivity contribution < 1.29 is 4.39 Å². The number of nitrogens with one attached hydrogen (secondary N) is 1. The number of para-hydroxylation sites is 1. The molecule has 0 aliphatic carbocycles. The molecule has 3 aromatic rings. The van der Waals surface area contributed by atoms with Crippen LogP contribution in [0.2, 0.25) is 0 Å². The number of aryl methyl sites for hydroxylation is 1. The monoisotopic (exact) mass is 255 g/mol. The molecule has 0 spiro atoms. The molecule has 1 N–H and O–H groups in total. The fourth-order valence-corrected chi connectivity index (χ4v) is 2.22. The number of anilines is 1. The van der Waals surface area contributed by atoms with E-state index in [9.17, 15) is 4.39 Å². The summed E-state index contributed by atoms with van der Waals surface area (Å²) < 4.78 is 15.6. The van der Waals surface area contributed by atoms with Crippen molar-refractivity contribution in [3.8, 4) is 11.4 Å². The highest BCUT2D eigenvalue weighted by molar-refractivity contribution is 5.81. The molecule has 3 nitrogen and oxygen atoms in total. The lowest BCUT2D eigenvalue weighted by atomic mass is 10.2. The Balaban J connectivity index is 2.19. The highest BCUT2D eigenvalue weighted by atomic mass is 19.1. The molecule has 0 aliphatic rings. The number of imidazole rings is 1. The van der Waals surface area contributed by atoms with E-state index in [1.165, 1.54) is 6.07 Å². The van der Waals surface area contributed by atoms with Crippen molar-refractivity contribution in [1.82, 2.24) is 9.55 Å². The highest BCUT2D eigenvalue weighted by Crippen LogP contribution is 2.25. The lowest BCUT2D eigenvalue weighted by Gasteiger charge is -2.04. The summed E-state index contributed by atoms with van der Waals surface area (Å²) in [5, 5.41) is 3.07. The van der Waals surface area contributed by atoms with Gasteiger partial charge < -0.3 is 9.88 Å². The van der Waals surface area contributed by atoms with Crippen LogP contribution in [0.1, 0.15) is 0 Å². The van der Waals surface area contributed by atoms with E-state index in [1.807, 2.05) is 49.0 Å². The fraction of sp³-hybridized carbons (Fsp3) is 0.133. The number of fused-ring (bicyclic) bond motifs is 1. The molecule has 4 heteroatoms. The zero-order chi connectivity index (χ0) is 13.4. The molecule has 1 aromatic heterocycles. The van der Waals surface area contributed by atoms with Crippen LogP contribution in [0.4, 0.5) is 10.1 Å². The smallest absolute Gasteiger partial charge is 0.151 e. The SMILES string of the molecule is CNc1ccc(-c2nc3c(F)cccc3n2C)cc1. The maximum absolute atomic E-state index is 13.7. The van der Waals surface area contributed by atoms with Gasteiger partial charge in [0.1, 0.15) is 11.3 Å². The Labute approximate surface area is 110 Å². The van der Waals surface area contributed by atoms with Crippen molar-refractivity contribution in [3.63, 3.8) is 0 Å². The van der Waals surface area contributed by atoms with Crippen molar-refractivity contribution in [2.75, 3.05) is 12.4 Å². The third-order valence-corrected chi connectivity index (χ3v) is 3.29. The van der Waals surface area contributed by atoms with E-state index >= 15 is 0 Å². The summed E-state index contributed by atoms with van der Waals surface area (Å²) in [5.74, 6) is 0.481. The molecular weight excluding hydrogens is 241 g/mol. The number of halogens is 1. The number of hydrogen-bond donors (Lipinski definition) is 1.